The van der Waals surface area contributed by atoms with Gasteiger partial charge in [0.05, 0.1) is 11.1 Å². The van der Waals surface area contributed by atoms with Gasteiger partial charge in [-0.05, 0) is 42.7 Å². The van der Waals surface area contributed by atoms with Gasteiger partial charge in [0.1, 0.15) is 0 Å². The predicted molar refractivity (Wildman–Crippen MR) is 124 cm³/mol. The number of rotatable bonds is 8. The average Bonchev–Trinajstić information content (AvgIpc) is 3.05. The number of hydrogen-bond acceptors (Lipinski definition) is 4. The van der Waals surface area contributed by atoms with Crippen LogP contribution in [-0.4, -0.2) is 67.7 Å². The fraction of sp³-hybridized carbons (Fsp3) is 0.333. The molecule has 0 aromatic heterocycles. The van der Waals surface area contributed by atoms with Crippen molar-refractivity contribution < 1.29 is 14.4 Å². The summed E-state index contributed by atoms with van der Waals surface area (Å²) >= 11 is 0. The van der Waals surface area contributed by atoms with Crippen LogP contribution in [0, 0.1) is 0 Å². The van der Waals surface area contributed by atoms with Crippen molar-refractivity contribution in [2.45, 2.75) is 19.4 Å². The van der Waals surface area contributed by atoms with Crippen molar-refractivity contribution in [2.75, 3.05) is 34.2 Å². The molecule has 0 fully saturated rings. The van der Waals surface area contributed by atoms with Gasteiger partial charge in [-0.1, -0.05) is 24.3 Å². The van der Waals surface area contributed by atoms with E-state index in [4.69, 9.17) is 0 Å². The molecule has 2 aromatic carbocycles. The van der Waals surface area contributed by atoms with Crippen molar-refractivity contribution in [3.05, 3.63) is 70.8 Å². The maximum absolute atomic E-state index is 12.4. The first-order chi connectivity index (χ1) is 15.4. The van der Waals surface area contributed by atoms with Gasteiger partial charge >= 0.3 is 0 Å². The first kappa shape index (κ1) is 23.0. The van der Waals surface area contributed by atoms with E-state index in [1.807, 2.05) is 24.3 Å². The largest absolute Gasteiger partial charge is 0.356 e. The van der Waals surface area contributed by atoms with E-state index in [1.54, 1.807) is 50.3 Å². The van der Waals surface area contributed by atoms with E-state index in [1.165, 1.54) is 4.90 Å². The number of fused-ring (bicyclic) bond motifs is 1. The molecule has 3 amide bonds. The van der Waals surface area contributed by atoms with Gasteiger partial charge in [0, 0.05) is 46.3 Å². The molecule has 0 bridgehead atoms. The molecule has 1 heterocycles. The molecular formula is C24H29N5O3. The summed E-state index contributed by atoms with van der Waals surface area (Å²) in [5.74, 6) is 0.214. The van der Waals surface area contributed by atoms with Gasteiger partial charge in [-0.3, -0.25) is 24.3 Å². The van der Waals surface area contributed by atoms with Crippen LogP contribution < -0.4 is 10.6 Å². The number of amides is 3. The maximum Gasteiger partial charge on any atom is 0.261 e. The van der Waals surface area contributed by atoms with Crippen LogP contribution in [0.3, 0.4) is 0 Å². The number of nitrogens with one attached hydrogen (secondary N) is 2. The molecule has 8 heteroatoms. The molecule has 8 nitrogen and oxygen atoms in total. The highest BCUT2D eigenvalue weighted by Gasteiger charge is 2.34. The monoisotopic (exact) mass is 435 g/mol. The fourth-order valence-electron chi connectivity index (χ4n) is 3.47. The molecule has 1 aliphatic heterocycles. The van der Waals surface area contributed by atoms with Crippen LogP contribution in [0.25, 0.3) is 0 Å². The molecule has 2 N–H and O–H groups in total. The van der Waals surface area contributed by atoms with Gasteiger partial charge in [0.2, 0.25) is 0 Å². The molecule has 0 saturated carbocycles. The molecule has 0 atom stereocenters. The van der Waals surface area contributed by atoms with Crippen molar-refractivity contribution >= 4 is 23.7 Å². The van der Waals surface area contributed by atoms with Gasteiger partial charge in [-0.2, -0.15) is 0 Å². The zero-order valence-electron chi connectivity index (χ0n) is 18.7. The third kappa shape index (κ3) is 5.32. The van der Waals surface area contributed by atoms with E-state index in [9.17, 15) is 14.4 Å². The van der Waals surface area contributed by atoms with Gasteiger partial charge in [0.15, 0.2) is 5.96 Å². The second kappa shape index (κ2) is 10.6. The number of guanidine groups is 1. The number of hydrogen-bond donors (Lipinski definition) is 2. The van der Waals surface area contributed by atoms with Crippen LogP contribution in [0.4, 0.5) is 0 Å². The Morgan fingerprint density at radius 2 is 1.56 bits per heavy atom. The molecule has 168 valence electrons. The number of unbranched alkanes of at least 4 members (excludes halogenated alkanes) is 1. The summed E-state index contributed by atoms with van der Waals surface area (Å²) in [7, 11) is 5.16. The maximum atomic E-state index is 12.4. The Balaban J connectivity index is 1.38. The molecule has 0 aliphatic carbocycles. The van der Waals surface area contributed by atoms with E-state index in [-0.39, 0.29) is 17.7 Å². The van der Waals surface area contributed by atoms with Crippen molar-refractivity contribution in [1.29, 1.82) is 0 Å². The highest BCUT2D eigenvalue weighted by atomic mass is 16.2. The third-order valence-corrected chi connectivity index (χ3v) is 5.27. The van der Waals surface area contributed by atoms with Crippen LogP contribution in [0.2, 0.25) is 0 Å². The van der Waals surface area contributed by atoms with Crippen molar-refractivity contribution in [2.24, 2.45) is 4.99 Å². The molecular weight excluding hydrogens is 406 g/mol. The Morgan fingerprint density at radius 1 is 0.938 bits per heavy atom. The fourth-order valence-corrected chi connectivity index (χ4v) is 3.47. The zero-order valence-corrected chi connectivity index (χ0v) is 18.7. The van der Waals surface area contributed by atoms with Crippen molar-refractivity contribution in [3.63, 3.8) is 0 Å². The topological polar surface area (TPSA) is 94.1 Å². The van der Waals surface area contributed by atoms with E-state index in [0.717, 1.165) is 12.0 Å². The Labute approximate surface area is 188 Å². The quantitative estimate of drug-likeness (QED) is 0.287. The Kier molecular flexibility index (Phi) is 7.59. The second-order valence-electron chi connectivity index (χ2n) is 7.76. The summed E-state index contributed by atoms with van der Waals surface area (Å²) in [6, 6.07) is 14.4. The summed E-state index contributed by atoms with van der Waals surface area (Å²) in [5, 5.41) is 6.48. The van der Waals surface area contributed by atoms with Crippen molar-refractivity contribution in [3.8, 4) is 0 Å². The van der Waals surface area contributed by atoms with E-state index < -0.39 is 0 Å². The molecule has 0 unspecified atom stereocenters. The molecule has 3 rings (SSSR count). The Bertz CT molecular complexity index is 980. The standard InChI is InChI=1S/C24H29N5O3/c1-25-24(27-16-17-10-12-18(13-11-17)21(30)28(2)3)26-14-6-7-15-29-22(31)19-8-4-5-9-20(19)23(29)32/h4-5,8-13H,6-7,14-16H2,1-3H3,(H2,25,26,27). The lowest BCUT2D eigenvalue weighted by Gasteiger charge is -2.15. The summed E-state index contributed by atoms with van der Waals surface area (Å²) in [5.41, 5.74) is 2.66. The number of carbonyl (C=O) groups is 3. The lowest BCUT2D eigenvalue weighted by molar-refractivity contribution is 0.0651. The second-order valence-corrected chi connectivity index (χ2v) is 7.76. The molecule has 2 aromatic rings. The third-order valence-electron chi connectivity index (χ3n) is 5.27. The predicted octanol–water partition coefficient (Wildman–Crippen LogP) is 2.13. The first-order valence-electron chi connectivity index (χ1n) is 10.6. The number of carbonyl (C=O) groups excluding carboxylic acids is 3. The van der Waals surface area contributed by atoms with Gasteiger partial charge in [-0.25, -0.2) is 0 Å². The van der Waals surface area contributed by atoms with Gasteiger partial charge < -0.3 is 15.5 Å². The summed E-state index contributed by atoms with van der Waals surface area (Å²) in [6.07, 6.45) is 1.49. The lowest BCUT2D eigenvalue weighted by atomic mass is 10.1. The number of imide groups is 1. The first-order valence-corrected chi connectivity index (χ1v) is 10.6. The summed E-state index contributed by atoms with van der Waals surface area (Å²) in [6.45, 7) is 1.64. The van der Waals surface area contributed by atoms with Crippen LogP contribution in [0.1, 0.15) is 49.5 Å². The van der Waals surface area contributed by atoms with Crippen LogP contribution in [0.5, 0.6) is 0 Å². The highest BCUT2D eigenvalue weighted by molar-refractivity contribution is 6.21. The van der Waals surface area contributed by atoms with Crippen LogP contribution in [-0.2, 0) is 6.54 Å². The number of aliphatic imine (C=N–C) groups is 1. The summed E-state index contributed by atoms with van der Waals surface area (Å²) in [4.78, 5) is 43.8. The Hall–Kier alpha value is -3.68. The van der Waals surface area contributed by atoms with Crippen molar-refractivity contribution in [1.82, 2.24) is 20.4 Å². The molecule has 0 saturated heterocycles. The SMILES string of the molecule is CN=C(NCCCCN1C(=O)c2ccccc2C1=O)NCc1ccc(C(=O)N(C)C)cc1. The number of nitrogens with zero attached hydrogens (tertiary/aromatic N) is 3. The van der Waals surface area contributed by atoms with E-state index in [2.05, 4.69) is 15.6 Å². The minimum Gasteiger partial charge on any atom is -0.356 e. The molecule has 32 heavy (non-hydrogen) atoms. The van der Waals surface area contributed by atoms with Crippen LogP contribution in [0.15, 0.2) is 53.5 Å². The number of benzene rings is 2. The lowest BCUT2D eigenvalue weighted by Crippen LogP contribution is -2.37. The normalized spacial score (nSPS) is 13.2. The molecule has 0 radical (unpaired) electrons. The molecule has 1 aliphatic rings. The van der Waals surface area contributed by atoms with Gasteiger partial charge in [-0.15, -0.1) is 0 Å². The van der Waals surface area contributed by atoms with E-state index in [0.29, 0.717) is 48.7 Å². The smallest absolute Gasteiger partial charge is 0.261 e. The summed E-state index contributed by atoms with van der Waals surface area (Å²) < 4.78 is 0. The minimum absolute atomic E-state index is 0.0248. The van der Waals surface area contributed by atoms with Crippen LogP contribution >= 0.6 is 0 Å². The average molecular weight is 436 g/mol. The highest BCUT2D eigenvalue weighted by Crippen LogP contribution is 2.22. The zero-order chi connectivity index (χ0) is 23.1. The Morgan fingerprint density at radius 3 is 2.12 bits per heavy atom. The minimum atomic E-state index is -0.214. The molecule has 0 spiro atoms. The van der Waals surface area contributed by atoms with Gasteiger partial charge in [0.25, 0.3) is 17.7 Å². The van der Waals surface area contributed by atoms with E-state index >= 15 is 0 Å².